The molecule has 0 radical (unpaired) electrons. The average molecular weight is 251 g/mol. The van der Waals surface area contributed by atoms with Crippen molar-refractivity contribution in [3.05, 3.63) is 23.1 Å². The Morgan fingerprint density at radius 2 is 2.47 bits per heavy atom. The highest BCUT2D eigenvalue weighted by atomic mass is 32.2. The van der Waals surface area contributed by atoms with Gasteiger partial charge in [0, 0.05) is 5.92 Å². The van der Waals surface area contributed by atoms with Crippen LogP contribution in [0.4, 0.5) is 0 Å². The highest BCUT2D eigenvalue weighted by Gasteiger charge is 2.64. The van der Waals surface area contributed by atoms with Gasteiger partial charge < -0.3 is 10.4 Å². The Labute approximate surface area is 105 Å². The van der Waals surface area contributed by atoms with Gasteiger partial charge in [-0.25, -0.2) is 0 Å². The summed E-state index contributed by atoms with van der Waals surface area (Å²) in [6.07, 6.45) is 6.82. The molecule has 0 saturated carbocycles. The number of rotatable bonds is 2. The van der Waals surface area contributed by atoms with Gasteiger partial charge in [-0.2, -0.15) is 0 Å². The van der Waals surface area contributed by atoms with Gasteiger partial charge in [0.2, 0.25) is 5.91 Å². The summed E-state index contributed by atoms with van der Waals surface area (Å²) < 4.78 is -0.642. The molecule has 4 atom stereocenters. The Hall–Kier alpha value is -0.740. The first-order chi connectivity index (χ1) is 8.16. The molecule has 0 bridgehead atoms. The van der Waals surface area contributed by atoms with Crippen LogP contribution in [-0.2, 0) is 4.79 Å². The van der Waals surface area contributed by atoms with Crippen LogP contribution in [0.2, 0.25) is 0 Å². The SMILES string of the molecule is CC1=CS[C@@]2([C@@H](O)C3C=CCCC3)C(=O)N[C@@H]12. The number of carbonyl (C=O) groups is 1. The zero-order chi connectivity index (χ0) is 12.0. The molecule has 17 heavy (non-hydrogen) atoms. The Bertz CT molecular complexity index is 418. The topological polar surface area (TPSA) is 49.3 Å². The number of allylic oxidation sites excluding steroid dienone is 1. The lowest BCUT2D eigenvalue weighted by Gasteiger charge is -2.49. The van der Waals surface area contributed by atoms with Gasteiger partial charge in [0.1, 0.15) is 4.75 Å². The summed E-state index contributed by atoms with van der Waals surface area (Å²) in [7, 11) is 0. The van der Waals surface area contributed by atoms with E-state index in [0.717, 1.165) is 24.8 Å². The molecule has 2 heterocycles. The summed E-state index contributed by atoms with van der Waals surface area (Å²) in [4.78, 5) is 11.9. The summed E-state index contributed by atoms with van der Waals surface area (Å²) in [5.41, 5.74) is 1.16. The molecule has 92 valence electrons. The maximum Gasteiger partial charge on any atom is 0.242 e. The molecule has 0 aromatic rings. The number of amides is 1. The number of carbonyl (C=O) groups excluding carboxylic acids is 1. The van der Waals surface area contributed by atoms with Gasteiger partial charge >= 0.3 is 0 Å². The van der Waals surface area contributed by atoms with Gasteiger partial charge in [-0.05, 0) is 37.2 Å². The van der Waals surface area contributed by atoms with E-state index in [2.05, 4.69) is 17.5 Å². The van der Waals surface area contributed by atoms with Crippen molar-refractivity contribution < 1.29 is 9.90 Å². The largest absolute Gasteiger partial charge is 0.390 e. The van der Waals surface area contributed by atoms with Crippen molar-refractivity contribution in [2.75, 3.05) is 0 Å². The second kappa shape index (κ2) is 3.89. The quantitative estimate of drug-likeness (QED) is 0.579. The van der Waals surface area contributed by atoms with Crippen LogP contribution in [0, 0.1) is 5.92 Å². The fourth-order valence-corrected chi connectivity index (χ4v) is 4.41. The number of hydrogen-bond acceptors (Lipinski definition) is 3. The van der Waals surface area contributed by atoms with Crippen LogP contribution in [0.25, 0.3) is 0 Å². The fourth-order valence-electron chi connectivity index (χ4n) is 3.03. The lowest BCUT2D eigenvalue weighted by Crippen LogP contribution is -2.74. The van der Waals surface area contributed by atoms with Gasteiger partial charge in [-0.3, -0.25) is 4.79 Å². The van der Waals surface area contributed by atoms with E-state index in [9.17, 15) is 9.90 Å². The van der Waals surface area contributed by atoms with Crippen LogP contribution in [0.15, 0.2) is 23.1 Å². The van der Waals surface area contributed by atoms with E-state index >= 15 is 0 Å². The van der Waals surface area contributed by atoms with E-state index in [1.54, 1.807) is 0 Å². The number of β-lactam (4-membered cyclic amide) rings is 1. The molecule has 2 aliphatic heterocycles. The van der Waals surface area contributed by atoms with Crippen LogP contribution in [0.5, 0.6) is 0 Å². The predicted octanol–water partition coefficient (Wildman–Crippen LogP) is 1.59. The van der Waals surface area contributed by atoms with Gasteiger partial charge in [0.05, 0.1) is 12.1 Å². The zero-order valence-electron chi connectivity index (χ0n) is 9.85. The average Bonchev–Trinajstić information content (AvgIpc) is 2.62. The number of hydrogen-bond donors (Lipinski definition) is 2. The summed E-state index contributed by atoms with van der Waals surface area (Å²) in [6.45, 7) is 2.02. The minimum Gasteiger partial charge on any atom is -0.390 e. The van der Waals surface area contributed by atoms with Crippen molar-refractivity contribution in [2.45, 2.75) is 43.1 Å². The van der Waals surface area contributed by atoms with Gasteiger partial charge in [-0.1, -0.05) is 12.2 Å². The molecule has 1 aliphatic carbocycles. The van der Waals surface area contributed by atoms with E-state index in [4.69, 9.17) is 0 Å². The van der Waals surface area contributed by atoms with Crippen molar-refractivity contribution >= 4 is 17.7 Å². The molecule has 0 spiro atoms. The van der Waals surface area contributed by atoms with Crippen LogP contribution < -0.4 is 5.32 Å². The molecule has 0 aromatic heterocycles. The Morgan fingerprint density at radius 1 is 1.65 bits per heavy atom. The molecule has 3 rings (SSSR count). The maximum absolute atomic E-state index is 11.9. The summed E-state index contributed by atoms with van der Waals surface area (Å²) in [5, 5.41) is 15.5. The molecule has 1 amide bonds. The molecule has 1 unspecified atom stereocenters. The van der Waals surface area contributed by atoms with Crippen molar-refractivity contribution in [1.29, 1.82) is 0 Å². The maximum atomic E-state index is 11.9. The smallest absolute Gasteiger partial charge is 0.242 e. The highest BCUT2D eigenvalue weighted by Crippen LogP contribution is 2.51. The third-order valence-electron chi connectivity index (χ3n) is 4.09. The van der Waals surface area contributed by atoms with Gasteiger partial charge in [0.25, 0.3) is 0 Å². The van der Waals surface area contributed by atoms with E-state index in [1.807, 2.05) is 12.3 Å². The molecule has 1 saturated heterocycles. The van der Waals surface area contributed by atoms with E-state index < -0.39 is 10.9 Å². The number of fused-ring (bicyclic) bond motifs is 1. The predicted molar refractivity (Wildman–Crippen MR) is 68.5 cm³/mol. The Kier molecular flexibility index (Phi) is 2.60. The molecule has 3 nitrogen and oxygen atoms in total. The second-order valence-electron chi connectivity index (χ2n) is 5.15. The number of thioether (sulfide) groups is 1. The standard InChI is InChI=1S/C13H17NO2S/c1-8-7-17-13(10(8)14-12(13)16)11(15)9-5-3-2-4-6-9/h3,5,7,9-11,15H,2,4,6H2,1H3,(H,14,16)/t9?,10-,11-,13-/m0/s1. The first-order valence-corrected chi connectivity index (χ1v) is 7.04. The molecule has 1 fully saturated rings. The first kappa shape index (κ1) is 11.4. The molecule has 2 N–H and O–H groups in total. The van der Waals surface area contributed by atoms with Crippen LogP contribution in [0.1, 0.15) is 26.2 Å². The van der Waals surface area contributed by atoms with Gasteiger partial charge in [-0.15, -0.1) is 11.8 Å². The summed E-state index contributed by atoms with van der Waals surface area (Å²) in [6, 6.07) is 0.0327. The number of aliphatic hydroxyl groups is 1. The molecule has 4 heteroatoms. The number of aliphatic hydroxyl groups excluding tert-OH is 1. The second-order valence-corrected chi connectivity index (χ2v) is 6.29. The summed E-state index contributed by atoms with van der Waals surface area (Å²) in [5.74, 6) is 0.121. The first-order valence-electron chi connectivity index (χ1n) is 6.16. The van der Waals surface area contributed by atoms with Crippen LogP contribution in [-0.4, -0.2) is 27.9 Å². The minimum absolute atomic E-state index is 0.00734. The van der Waals surface area contributed by atoms with Crippen molar-refractivity contribution in [3.63, 3.8) is 0 Å². The molecular weight excluding hydrogens is 234 g/mol. The van der Waals surface area contributed by atoms with Crippen LogP contribution >= 0.6 is 11.8 Å². The fraction of sp³-hybridized carbons (Fsp3) is 0.615. The zero-order valence-corrected chi connectivity index (χ0v) is 10.7. The third-order valence-corrected chi connectivity index (χ3v) is 5.63. The highest BCUT2D eigenvalue weighted by molar-refractivity contribution is 8.04. The van der Waals surface area contributed by atoms with Crippen molar-refractivity contribution in [2.24, 2.45) is 5.92 Å². The monoisotopic (exact) mass is 251 g/mol. The van der Waals surface area contributed by atoms with E-state index in [0.29, 0.717) is 0 Å². The lowest BCUT2D eigenvalue weighted by atomic mass is 9.74. The Balaban J connectivity index is 1.85. The molecule has 3 aliphatic rings. The molecular formula is C13H17NO2S. The van der Waals surface area contributed by atoms with Crippen molar-refractivity contribution in [1.82, 2.24) is 5.32 Å². The normalized spacial score (nSPS) is 41.3. The number of nitrogens with one attached hydrogen (secondary N) is 1. The summed E-state index contributed by atoms with van der Waals surface area (Å²) >= 11 is 1.50. The Morgan fingerprint density at radius 3 is 3.06 bits per heavy atom. The molecule has 0 aromatic carbocycles. The lowest BCUT2D eigenvalue weighted by molar-refractivity contribution is -0.137. The minimum atomic E-state index is -0.642. The van der Waals surface area contributed by atoms with E-state index in [1.165, 1.54) is 11.8 Å². The van der Waals surface area contributed by atoms with Crippen molar-refractivity contribution in [3.8, 4) is 0 Å². The van der Waals surface area contributed by atoms with E-state index in [-0.39, 0.29) is 17.9 Å². The van der Waals surface area contributed by atoms with Crippen LogP contribution in [0.3, 0.4) is 0 Å². The third kappa shape index (κ3) is 1.43. The van der Waals surface area contributed by atoms with Gasteiger partial charge in [0.15, 0.2) is 0 Å².